The van der Waals surface area contributed by atoms with Gasteiger partial charge in [-0.1, -0.05) is 0 Å². The molecule has 3 heteroatoms. The quantitative estimate of drug-likeness (QED) is 0.349. The van der Waals surface area contributed by atoms with Crippen molar-refractivity contribution in [2.45, 2.75) is 68.6 Å². The molecule has 140 valence electrons. The molecule has 0 saturated carbocycles. The van der Waals surface area contributed by atoms with Crippen LogP contribution in [0, 0.1) is 13.8 Å². The predicted octanol–water partition coefficient (Wildman–Crippen LogP) is 8.79. The monoisotopic (exact) mass is 554 g/mol. The molecule has 0 N–H and O–H groups in total. The summed E-state index contributed by atoms with van der Waals surface area (Å²) in [5.74, 6) is 0. The summed E-state index contributed by atoms with van der Waals surface area (Å²) in [5.41, 5.74) is 13.6. The number of allylic oxidation sites excluding steroid dienone is 5. The topological polar surface area (TPSA) is 0 Å². The third kappa shape index (κ3) is 2.59. The Morgan fingerprint density at radius 2 is 1.38 bits per heavy atom. The Bertz CT molecular complexity index is 860. The van der Waals surface area contributed by atoms with Crippen LogP contribution in [0.15, 0.2) is 40.0 Å². The van der Waals surface area contributed by atoms with Crippen LogP contribution >= 0.6 is 24.4 Å². The van der Waals surface area contributed by atoms with E-state index < -0.39 is 15.6 Å². The number of benzene rings is 1. The van der Waals surface area contributed by atoms with Crippen LogP contribution in [0.3, 0.4) is 0 Å². The molecule has 0 heterocycles. The molecule has 2 aliphatic rings. The van der Waals surface area contributed by atoms with E-state index in [4.69, 9.17) is 0 Å². The first kappa shape index (κ1) is 21.0. The van der Waals surface area contributed by atoms with Crippen molar-refractivity contribution in [2.24, 2.45) is 0 Å². The van der Waals surface area contributed by atoms with Crippen molar-refractivity contribution in [2.75, 3.05) is 0 Å². The second-order valence-corrected chi connectivity index (χ2v) is 35.9. The summed E-state index contributed by atoms with van der Waals surface area (Å²) in [5, 5.41) is 0. The van der Waals surface area contributed by atoms with E-state index in [1.54, 1.807) is 16.7 Å². The van der Waals surface area contributed by atoms with Gasteiger partial charge in [0.05, 0.1) is 0 Å². The summed E-state index contributed by atoms with van der Waals surface area (Å²) >= 11 is 5.87. The van der Waals surface area contributed by atoms with Crippen LogP contribution in [0.1, 0.15) is 73.8 Å². The Morgan fingerprint density at radius 1 is 0.885 bits per heavy atom. The Hall–Kier alpha value is 0.283. The molecule has 0 fully saturated rings. The van der Waals surface area contributed by atoms with E-state index in [0.29, 0.717) is 3.63 Å². The van der Waals surface area contributed by atoms with Gasteiger partial charge >= 0.3 is 177 Å². The molecule has 0 radical (unpaired) electrons. The van der Waals surface area contributed by atoms with Crippen molar-refractivity contribution < 1.29 is 15.6 Å². The minimum atomic E-state index is -3.08. The van der Waals surface area contributed by atoms with E-state index in [1.165, 1.54) is 33.4 Å². The Morgan fingerprint density at radius 3 is 1.88 bits per heavy atom. The fourth-order valence-electron chi connectivity index (χ4n) is 5.43. The van der Waals surface area contributed by atoms with Gasteiger partial charge in [0.15, 0.2) is 0 Å². The molecule has 0 spiro atoms. The molecule has 0 saturated heterocycles. The van der Waals surface area contributed by atoms with Gasteiger partial charge in [0.2, 0.25) is 0 Å². The van der Waals surface area contributed by atoms with Crippen molar-refractivity contribution in [1.29, 1.82) is 0 Å². The van der Waals surface area contributed by atoms with Crippen LogP contribution in [0.4, 0.5) is 0 Å². The molecular weight excluding hydrogens is 527 g/mol. The summed E-state index contributed by atoms with van der Waals surface area (Å²) in [7, 11) is 0. The van der Waals surface area contributed by atoms with Gasteiger partial charge in [-0.2, -0.15) is 0 Å². The number of fused-ring (bicyclic) bond motifs is 1. The summed E-state index contributed by atoms with van der Waals surface area (Å²) in [6.07, 6.45) is 3.61. The van der Waals surface area contributed by atoms with E-state index in [0.717, 1.165) is 6.42 Å². The van der Waals surface area contributed by atoms with Crippen LogP contribution in [-0.2, 0) is 15.6 Å². The zero-order valence-corrected chi connectivity index (χ0v) is 22.9. The van der Waals surface area contributed by atoms with E-state index in [-0.39, 0.29) is 3.12 Å². The first-order valence-electron chi connectivity index (χ1n) is 9.54. The van der Waals surface area contributed by atoms with Crippen molar-refractivity contribution in [3.05, 3.63) is 62.3 Å². The Labute approximate surface area is 175 Å². The van der Waals surface area contributed by atoms with Gasteiger partial charge in [-0.3, -0.25) is 0 Å². The average Bonchev–Trinajstić information content (AvgIpc) is 3.03. The molecule has 2 aliphatic carbocycles. The van der Waals surface area contributed by atoms with Crippen molar-refractivity contribution in [3.63, 3.8) is 0 Å². The van der Waals surface area contributed by atoms with Crippen LogP contribution in [0.25, 0.3) is 6.08 Å². The third-order valence-corrected chi connectivity index (χ3v) is 29.8. The van der Waals surface area contributed by atoms with Gasteiger partial charge in [-0.05, 0) is 0 Å². The number of halogens is 2. The number of hydrogen-bond acceptors (Lipinski definition) is 0. The molecule has 1 aromatic carbocycles. The number of hydrogen-bond donors (Lipinski definition) is 0. The Kier molecular flexibility index (Phi) is 5.62. The van der Waals surface area contributed by atoms with Gasteiger partial charge in [0.1, 0.15) is 0 Å². The SMILES string of the molecule is CC[C]1([Zr]([Br])([Br])[CH]2C(C)=Cc3c(C)ccc(C)c32)C(C)=C(C)C(C)=C1C. The molecule has 1 unspecified atom stereocenters. The van der Waals surface area contributed by atoms with E-state index >= 15 is 0 Å². The van der Waals surface area contributed by atoms with Crippen molar-refractivity contribution in [3.8, 4) is 0 Å². The fourth-order valence-corrected chi connectivity index (χ4v) is 32.0. The Balaban J connectivity index is 2.29. The molecular formula is C23H30Br2Zr. The fraction of sp³-hybridized carbons (Fsp3) is 0.478. The minimum absolute atomic E-state index is 0.181. The summed E-state index contributed by atoms with van der Waals surface area (Å²) in [6, 6.07) is 4.58. The first-order valence-corrected chi connectivity index (χ1v) is 23.4. The van der Waals surface area contributed by atoms with Gasteiger partial charge in [-0.25, -0.2) is 0 Å². The second kappa shape index (κ2) is 6.96. The van der Waals surface area contributed by atoms with Gasteiger partial charge in [-0.15, -0.1) is 0 Å². The van der Waals surface area contributed by atoms with E-state index in [2.05, 4.69) is 98.0 Å². The molecule has 0 aliphatic heterocycles. The molecule has 0 bridgehead atoms. The summed E-state index contributed by atoms with van der Waals surface area (Å²) < 4.78 is 0.697. The molecule has 0 aromatic heterocycles. The van der Waals surface area contributed by atoms with Crippen LogP contribution in [0.2, 0.25) is 3.12 Å². The summed E-state index contributed by atoms with van der Waals surface area (Å²) in [6.45, 7) is 18.6. The van der Waals surface area contributed by atoms with Crippen LogP contribution < -0.4 is 0 Å². The van der Waals surface area contributed by atoms with Gasteiger partial charge in [0, 0.05) is 0 Å². The van der Waals surface area contributed by atoms with Crippen LogP contribution in [0.5, 0.6) is 0 Å². The standard InChI is InChI=1S/C12H13.C11H17.2BrH.Zr/c1-8-6-11-9(2)4-5-10(3)12(11)7-8;1-6-11-9(4)7(2)8(3)10(11)5;;;/h4-7H,1-3H3;6H2,1-5H3;2*1H;/q;;;;+2/p-2. The second-order valence-electron chi connectivity index (χ2n) is 8.23. The molecule has 0 amide bonds. The average molecular weight is 558 g/mol. The first-order chi connectivity index (χ1) is 12.0. The van der Waals surface area contributed by atoms with Crippen molar-refractivity contribution in [1.82, 2.24) is 0 Å². The molecule has 1 atom stereocenters. The normalized spacial score (nSPS) is 22.2. The van der Waals surface area contributed by atoms with Gasteiger partial charge in [0.25, 0.3) is 0 Å². The zero-order chi connectivity index (χ0) is 19.6. The maximum atomic E-state index is 4.48. The third-order valence-electron chi connectivity index (χ3n) is 7.27. The van der Waals surface area contributed by atoms with E-state index in [9.17, 15) is 0 Å². The number of rotatable bonds is 3. The maximum absolute atomic E-state index is 4.48. The molecule has 0 nitrogen and oxygen atoms in total. The van der Waals surface area contributed by atoms with Gasteiger partial charge < -0.3 is 0 Å². The molecule has 1 aromatic rings. The van der Waals surface area contributed by atoms with E-state index in [1.807, 2.05) is 0 Å². The van der Waals surface area contributed by atoms with Crippen LogP contribution in [-0.4, -0.2) is 0 Å². The summed E-state index contributed by atoms with van der Waals surface area (Å²) in [4.78, 5) is 0. The molecule has 26 heavy (non-hydrogen) atoms. The molecule has 3 rings (SSSR count). The zero-order valence-electron chi connectivity index (χ0n) is 17.3. The predicted molar refractivity (Wildman–Crippen MR) is 120 cm³/mol. The number of aryl methyl sites for hydroxylation is 2. The van der Waals surface area contributed by atoms with Crippen molar-refractivity contribution >= 4 is 30.5 Å².